The lowest BCUT2D eigenvalue weighted by atomic mass is 10.5. The predicted octanol–water partition coefficient (Wildman–Crippen LogP) is 2.54. The van der Waals surface area contributed by atoms with Crippen molar-refractivity contribution in [3.63, 3.8) is 0 Å². The van der Waals surface area contributed by atoms with Crippen molar-refractivity contribution in [2.24, 2.45) is 0 Å². The molecule has 0 aliphatic carbocycles. The Morgan fingerprint density at radius 1 is 1.31 bits per heavy atom. The van der Waals surface area contributed by atoms with Crippen molar-refractivity contribution in [3.8, 4) is 5.88 Å². The van der Waals surface area contributed by atoms with Crippen molar-refractivity contribution >= 4 is 27.5 Å². The normalized spacial score (nSPS) is 10.4. The van der Waals surface area contributed by atoms with Crippen molar-refractivity contribution < 1.29 is 14.2 Å². The fourth-order valence-electron chi connectivity index (χ4n) is 0.950. The molecule has 0 bridgehead atoms. The smallest absolute Gasteiger partial charge is 0.228 e. The van der Waals surface area contributed by atoms with Crippen LogP contribution in [0.2, 0.25) is 5.02 Å². The molecule has 6 heteroatoms. The molecule has 0 amide bonds. The Labute approximate surface area is 108 Å². The Bertz CT molecular complexity index is 325. The lowest BCUT2D eigenvalue weighted by Crippen LogP contribution is -2.10. The molecule has 0 aliphatic rings. The highest BCUT2D eigenvalue weighted by atomic mass is 79.9. The monoisotopic (exact) mass is 309 g/mol. The van der Waals surface area contributed by atoms with E-state index in [9.17, 15) is 0 Å². The van der Waals surface area contributed by atoms with Crippen LogP contribution in [-0.4, -0.2) is 38.5 Å². The number of hydrogen-bond acceptors (Lipinski definition) is 4. The molecule has 0 aromatic carbocycles. The Kier molecular flexibility index (Phi) is 6.71. The molecule has 0 unspecified atom stereocenters. The molecule has 16 heavy (non-hydrogen) atoms. The topological polar surface area (TPSA) is 40.6 Å². The summed E-state index contributed by atoms with van der Waals surface area (Å²) in [5.74, 6) is 0.514. The Hall–Kier alpha value is -0.360. The molecule has 4 nitrogen and oxygen atoms in total. The van der Waals surface area contributed by atoms with E-state index >= 15 is 0 Å². The van der Waals surface area contributed by atoms with Gasteiger partial charge in [0.15, 0.2) is 0 Å². The minimum atomic E-state index is 0.441. The zero-order valence-electron chi connectivity index (χ0n) is 8.91. The number of rotatable bonds is 7. The second-order valence-corrected chi connectivity index (χ2v) is 4.18. The largest absolute Gasteiger partial charge is 0.474 e. The van der Waals surface area contributed by atoms with Gasteiger partial charge in [0, 0.05) is 13.3 Å². The van der Waals surface area contributed by atoms with Gasteiger partial charge in [-0.1, -0.05) is 11.6 Å². The quantitative estimate of drug-likeness (QED) is 0.726. The number of hydrogen-bond donors (Lipinski definition) is 0. The second-order valence-electron chi connectivity index (χ2n) is 2.89. The maximum atomic E-state index is 5.75. The summed E-state index contributed by atoms with van der Waals surface area (Å²) in [7, 11) is 1.63. The number of halogens is 2. The van der Waals surface area contributed by atoms with Gasteiger partial charge in [0.25, 0.3) is 0 Å². The third-order valence-electron chi connectivity index (χ3n) is 1.67. The molecule has 0 atom stereocenters. The third-order valence-corrected chi connectivity index (χ3v) is 2.45. The first-order valence-electron chi connectivity index (χ1n) is 4.74. The molecular weight excluding hydrogens is 297 g/mol. The van der Waals surface area contributed by atoms with Gasteiger partial charge in [-0.25, -0.2) is 4.98 Å². The molecule has 90 valence electrons. The van der Waals surface area contributed by atoms with E-state index in [2.05, 4.69) is 20.9 Å². The molecule has 1 aromatic rings. The van der Waals surface area contributed by atoms with Crippen molar-refractivity contribution in [1.82, 2.24) is 4.98 Å². The third kappa shape index (κ3) is 5.12. The van der Waals surface area contributed by atoms with E-state index in [1.807, 2.05) is 0 Å². The van der Waals surface area contributed by atoms with Crippen LogP contribution in [0.4, 0.5) is 0 Å². The Balaban J connectivity index is 2.21. The van der Waals surface area contributed by atoms with E-state index in [4.69, 9.17) is 25.8 Å². The van der Waals surface area contributed by atoms with E-state index in [0.717, 1.165) is 4.47 Å². The van der Waals surface area contributed by atoms with Gasteiger partial charge in [-0.05, 0) is 22.0 Å². The maximum absolute atomic E-state index is 5.75. The van der Waals surface area contributed by atoms with Gasteiger partial charge in [0.05, 0.1) is 29.3 Å². The number of pyridine rings is 1. The van der Waals surface area contributed by atoms with Gasteiger partial charge in [-0.15, -0.1) is 0 Å². The highest BCUT2D eigenvalue weighted by Gasteiger charge is 2.03. The summed E-state index contributed by atoms with van der Waals surface area (Å²) in [5.41, 5.74) is 0. The summed E-state index contributed by atoms with van der Waals surface area (Å²) < 4.78 is 16.2. The van der Waals surface area contributed by atoms with Gasteiger partial charge < -0.3 is 14.2 Å². The average molecular weight is 311 g/mol. The van der Waals surface area contributed by atoms with Crippen LogP contribution in [0.25, 0.3) is 0 Å². The summed E-state index contributed by atoms with van der Waals surface area (Å²) in [6.45, 7) is 2.09. The van der Waals surface area contributed by atoms with Gasteiger partial charge in [0.2, 0.25) is 5.88 Å². The van der Waals surface area contributed by atoms with Gasteiger partial charge >= 0.3 is 0 Å². The molecule has 1 aromatic heterocycles. The fraction of sp³-hybridized carbons (Fsp3) is 0.500. The highest BCUT2D eigenvalue weighted by molar-refractivity contribution is 9.10. The fourth-order valence-corrected chi connectivity index (χ4v) is 1.70. The molecule has 0 aliphatic heterocycles. The summed E-state index contributed by atoms with van der Waals surface area (Å²) in [6, 6.07) is 1.73. The molecule has 0 radical (unpaired) electrons. The van der Waals surface area contributed by atoms with Gasteiger partial charge in [-0.2, -0.15) is 0 Å². The number of methoxy groups -OCH3 is 1. The van der Waals surface area contributed by atoms with Gasteiger partial charge in [0.1, 0.15) is 6.61 Å². The lowest BCUT2D eigenvalue weighted by molar-refractivity contribution is 0.0535. The first kappa shape index (κ1) is 13.7. The van der Waals surface area contributed by atoms with Crippen molar-refractivity contribution in [2.45, 2.75) is 0 Å². The van der Waals surface area contributed by atoms with Crippen molar-refractivity contribution in [3.05, 3.63) is 21.8 Å². The molecule has 0 N–H and O–H groups in total. The van der Waals surface area contributed by atoms with Crippen LogP contribution in [0, 0.1) is 0 Å². The summed E-state index contributed by atoms with van der Waals surface area (Å²) >= 11 is 9.06. The minimum Gasteiger partial charge on any atom is -0.474 e. The van der Waals surface area contributed by atoms with Crippen LogP contribution in [0.15, 0.2) is 16.7 Å². The number of aromatic nitrogens is 1. The predicted molar refractivity (Wildman–Crippen MR) is 65.1 cm³/mol. The highest BCUT2D eigenvalue weighted by Crippen LogP contribution is 2.24. The van der Waals surface area contributed by atoms with E-state index < -0.39 is 0 Å². The minimum absolute atomic E-state index is 0.441. The first-order valence-corrected chi connectivity index (χ1v) is 5.91. The lowest BCUT2D eigenvalue weighted by Gasteiger charge is -2.07. The molecule has 1 heterocycles. The molecule has 0 saturated heterocycles. The standard InChI is InChI=1S/C10H13BrClNO3/c1-14-2-3-15-4-5-16-10-9(11)6-8(12)7-13-10/h6-7H,2-5H2,1H3. The van der Waals surface area contributed by atoms with E-state index in [1.165, 1.54) is 6.20 Å². The van der Waals surface area contributed by atoms with Crippen LogP contribution >= 0.6 is 27.5 Å². The molecular formula is C10H13BrClNO3. The summed E-state index contributed by atoms with van der Waals surface area (Å²) in [4.78, 5) is 4.03. The van der Waals surface area contributed by atoms with Crippen molar-refractivity contribution in [1.29, 1.82) is 0 Å². The zero-order valence-corrected chi connectivity index (χ0v) is 11.3. The van der Waals surface area contributed by atoms with Crippen LogP contribution in [-0.2, 0) is 9.47 Å². The molecule has 1 rings (SSSR count). The second kappa shape index (κ2) is 7.84. The molecule has 0 fully saturated rings. The van der Waals surface area contributed by atoms with Crippen LogP contribution in [0.5, 0.6) is 5.88 Å². The Morgan fingerprint density at radius 2 is 2.06 bits per heavy atom. The summed E-state index contributed by atoms with van der Waals surface area (Å²) in [5, 5.41) is 0.565. The van der Waals surface area contributed by atoms with Crippen molar-refractivity contribution in [2.75, 3.05) is 33.5 Å². The van der Waals surface area contributed by atoms with Crippen LogP contribution < -0.4 is 4.74 Å². The molecule has 0 spiro atoms. The Morgan fingerprint density at radius 3 is 2.75 bits per heavy atom. The van der Waals surface area contributed by atoms with E-state index in [1.54, 1.807) is 13.2 Å². The van der Waals surface area contributed by atoms with E-state index in [-0.39, 0.29) is 0 Å². The van der Waals surface area contributed by atoms with Crippen LogP contribution in [0.3, 0.4) is 0 Å². The first-order chi connectivity index (χ1) is 7.74. The zero-order chi connectivity index (χ0) is 11.8. The van der Waals surface area contributed by atoms with Gasteiger partial charge in [-0.3, -0.25) is 0 Å². The maximum Gasteiger partial charge on any atom is 0.228 e. The average Bonchev–Trinajstić information content (AvgIpc) is 2.26. The number of ether oxygens (including phenoxy) is 3. The SMILES string of the molecule is COCCOCCOc1ncc(Cl)cc1Br. The number of nitrogens with zero attached hydrogens (tertiary/aromatic N) is 1. The molecule has 0 saturated carbocycles. The van der Waals surface area contributed by atoms with E-state index in [0.29, 0.717) is 37.3 Å². The van der Waals surface area contributed by atoms with Crippen LogP contribution in [0.1, 0.15) is 0 Å². The summed E-state index contributed by atoms with van der Waals surface area (Å²) in [6.07, 6.45) is 1.54.